The van der Waals surface area contributed by atoms with Gasteiger partial charge in [-0.3, -0.25) is 9.10 Å². The zero-order valence-corrected chi connectivity index (χ0v) is 15.7. The number of hydrogen-bond donors (Lipinski definition) is 1. The van der Waals surface area contributed by atoms with Crippen LogP contribution in [0.25, 0.3) is 0 Å². The van der Waals surface area contributed by atoms with Crippen LogP contribution in [0.4, 0.5) is 5.69 Å². The second-order valence-corrected chi connectivity index (χ2v) is 8.28. The van der Waals surface area contributed by atoms with Gasteiger partial charge in [0.15, 0.2) is 0 Å². The zero-order chi connectivity index (χ0) is 18.6. The van der Waals surface area contributed by atoms with Crippen molar-refractivity contribution >= 4 is 21.6 Å². The zero-order valence-electron chi connectivity index (χ0n) is 14.9. The van der Waals surface area contributed by atoms with E-state index in [1.807, 2.05) is 20.8 Å². The normalized spacial score (nSPS) is 12.7. The number of nitrogens with one attached hydrogen (secondary N) is 1. The van der Waals surface area contributed by atoms with E-state index in [1.54, 1.807) is 42.5 Å². The molecule has 6 heteroatoms. The van der Waals surface area contributed by atoms with Gasteiger partial charge < -0.3 is 5.32 Å². The molecule has 0 saturated carbocycles. The van der Waals surface area contributed by atoms with E-state index in [2.05, 4.69) is 5.32 Å². The van der Waals surface area contributed by atoms with Crippen molar-refractivity contribution in [3.63, 3.8) is 0 Å². The minimum absolute atomic E-state index is 0.0170. The molecule has 0 fully saturated rings. The molecule has 0 bridgehead atoms. The van der Waals surface area contributed by atoms with Crippen molar-refractivity contribution in [1.82, 2.24) is 5.32 Å². The van der Waals surface area contributed by atoms with Gasteiger partial charge in [0.2, 0.25) is 0 Å². The van der Waals surface area contributed by atoms with Crippen molar-refractivity contribution in [3.05, 3.63) is 60.2 Å². The molecule has 0 aliphatic heterocycles. The Kier molecular flexibility index (Phi) is 5.85. The van der Waals surface area contributed by atoms with Gasteiger partial charge in [0, 0.05) is 13.1 Å². The molecule has 0 aromatic heterocycles. The molecule has 2 aromatic rings. The molecule has 1 atom stereocenters. The van der Waals surface area contributed by atoms with Crippen LogP contribution < -0.4 is 9.62 Å². The second kappa shape index (κ2) is 7.70. The molecule has 25 heavy (non-hydrogen) atoms. The number of rotatable bonds is 6. The molecular weight excluding hydrogens is 336 g/mol. The van der Waals surface area contributed by atoms with Crippen LogP contribution in [0.2, 0.25) is 0 Å². The quantitative estimate of drug-likeness (QED) is 0.860. The van der Waals surface area contributed by atoms with Gasteiger partial charge in [-0.05, 0) is 37.1 Å². The first-order valence-electron chi connectivity index (χ1n) is 8.19. The average Bonchev–Trinajstić information content (AvgIpc) is 2.61. The van der Waals surface area contributed by atoms with Gasteiger partial charge in [-0.15, -0.1) is 0 Å². The largest absolute Gasteiger partial charge is 0.349 e. The maximum absolute atomic E-state index is 12.8. The third kappa shape index (κ3) is 4.20. The van der Waals surface area contributed by atoms with Gasteiger partial charge in [-0.2, -0.15) is 0 Å². The van der Waals surface area contributed by atoms with Gasteiger partial charge in [0.1, 0.15) is 0 Å². The molecule has 1 amide bonds. The highest BCUT2D eigenvalue weighted by Gasteiger charge is 2.25. The van der Waals surface area contributed by atoms with E-state index < -0.39 is 10.0 Å². The highest BCUT2D eigenvalue weighted by Crippen LogP contribution is 2.25. The van der Waals surface area contributed by atoms with Crippen molar-refractivity contribution in [2.24, 2.45) is 5.92 Å². The first kappa shape index (κ1) is 19.0. The number of carbonyl (C=O) groups excluding carboxylic acids is 1. The van der Waals surface area contributed by atoms with Gasteiger partial charge in [-0.25, -0.2) is 8.42 Å². The number of nitrogens with zero attached hydrogens (tertiary/aromatic N) is 1. The summed E-state index contributed by atoms with van der Waals surface area (Å²) in [5.41, 5.74) is 0.678. The van der Waals surface area contributed by atoms with E-state index >= 15 is 0 Å². The second-order valence-electron chi connectivity index (χ2n) is 6.31. The van der Waals surface area contributed by atoms with E-state index in [1.165, 1.54) is 19.2 Å². The van der Waals surface area contributed by atoms with Gasteiger partial charge in [0.25, 0.3) is 15.9 Å². The van der Waals surface area contributed by atoms with Crippen molar-refractivity contribution < 1.29 is 13.2 Å². The lowest BCUT2D eigenvalue weighted by atomic mass is 10.1. The van der Waals surface area contributed by atoms with Crippen LogP contribution in [0.5, 0.6) is 0 Å². The van der Waals surface area contributed by atoms with Crippen LogP contribution in [-0.4, -0.2) is 27.4 Å². The highest BCUT2D eigenvalue weighted by molar-refractivity contribution is 7.92. The third-order valence-electron chi connectivity index (χ3n) is 4.25. The Morgan fingerprint density at radius 3 is 2.12 bits per heavy atom. The van der Waals surface area contributed by atoms with Crippen LogP contribution in [0.15, 0.2) is 59.5 Å². The number of carbonyl (C=O) groups is 1. The summed E-state index contributed by atoms with van der Waals surface area (Å²) < 4.78 is 26.8. The summed E-state index contributed by atoms with van der Waals surface area (Å²) in [5, 5.41) is 2.92. The Morgan fingerprint density at radius 2 is 1.52 bits per heavy atom. The number of anilines is 1. The summed E-state index contributed by atoms with van der Waals surface area (Å²) in [4.78, 5) is 12.8. The van der Waals surface area contributed by atoms with Crippen LogP contribution >= 0.6 is 0 Å². The summed E-state index contributed by atoms with van der Waals surface area (Å²) in [7, 11) is -2.28. The molecule has 0 radical (unpaired) electrons. The Hall–Kier alpha value is -2.34. The Balaban J connectivity index is 2.39. The van der Waals surface area contributed by atoms with Crippen LogP contribution in [0, 0.1) is 5.92 Å². The number of para-hydroxylation sites is 1. The molecule has 0 aliphatic rings. The maximum atomic E-state index is 12.8. The Labute approximate surface area is 149 Å². The fourth-order valence-corrected chi connectivity index (χ4v) is 3.51. The molecule has 0 saturated heterocycles. The number of hydrogen-bond acceptors (Lipinski definition) is 3. The summed E-state index contributed by atoms with van der Waals surface area (Å²) in [6.45, 7) is 5.96. The fourth-order valence-electron chi connectivity index (χ4n) is 2.27. The molecule has 134 valence electrons. The smallest absolute Gasteiger partial charge is 0.264 e. The predicted molar refractivity (Wildman–Crippen MR) is 100 cm³/mol. The number of sulfonamides is 1. The standard InChI is InChI=1S/C19H24N2O3S/c1-14(2)15(3)20-19(22)17-12-8-9-13-18(17)21(4)25(23,24)16-10-6-5-7-11-16/h5-15H,1-4H3,(H,20,22)/t15-/m0/s1. The Bertz CT molecular complexity index is 833. The first-order valence-corrected chi connectivity index (χ1v) is 9.63. The predicted octanol–water partition coefficient (Wildman–Crippen LogP) is 3.29. The van der Waals surface area contributed by atoms with Crippen LogP contribution in [0.1, 0.15) is 31.1 Å². The summed E-state index contributed by atoms with van der Waals surface area (Å²) >= 11 is 0. The van der Waals surface area contributed by atoms with Crippen molar-refractivity contribution in [3.8, 4) is 0 Å². The minimum Gasteiger partial charge on any atom is -0.349 e. The lowest BCUT2D eigenvalue weighted by Gasteiger charge is -2.23. The van der Waals surface area contributed by atoms with Gasteiger partial charge in [0.05, 0.1) is 16.1 Å². The molecular formula is C19H24N2O3S. The van der Waals surface area contributed by atoms with Crippen LogP contribution in [-0.2, 0) is 10.0 Å². The summed E-state index contributed by atoms with van der Waals surface area (Å²) in [5.74, 6) is -0.00574. The van der Waals surface area contributed by atoms with E-state index in [9.17, 15) is 13.2 Å². The average molecular weight is 360 g/mol. The van der Waals surface area contributed by atoms with E-state index in [-0.39, 0.29) is 22.8 Å². The molecule has 1 N–H and O–H groups in total. The Morgan fingerprint density at radius 1 is 0.960 bits per heavy atom. The highest BCUT2D eigenvalue weighted by atomic mass is 32.2. The molecule has 0 heterocycles. The van der Waals surface area contributed by atoms with E-state index in [0.29, 0.717) is 11.3 Å². The lowest BCUT2D eigenvalue weighted by Crippen LogP contribution is -2.37. The maximum Gasteiger partial charge on any atom is 0.264 e. The molecule has 5 nitrogen and oxygen atoms in total. The van der Waals surface area contributed by atoms with Gasteiger partial charge >= 0.3 is 0 Å². The van der Waals surface area contributed by atoms with Crippen molar-refractivity contribution in [1.29, 1.82) is 0 Å². The van der Waals surface area contributed by atoms with Crippen LogP contribution in [0.3, 0.4) is 0 Å². The molecule has 2 aromatic carbocycles. The topological polar surface area (TPSA) is 66.5 Å². The van der Waals surface area contributed by atoms with Crippen molar-refractivity contribution in [2.75, 3.05) is 11.4 Å². The number of amides is 1. The van der Waals surface area contributed by atoms with Crippen molar-refractivity contribution in [2.45, 2.75) is 31.7 Å². The minimum atomic E-state index is -3.74. The van der Waals surface area contributed by atoms with E-state index in [0.717, 1.165) is 4.31 Å². The third-order valence-corrected chi connectivity index (χ3v) is 6.03. The monoisotopic (exact) mass is 360 g/mol. The van der Waals surface area contributed by atoms with Gasteiger partial charge in [-0.1, -0.05) is 44.2 Å². The lowest BCUT2D eigenvalue weighted by molar-refractivity contribution is 0.0931. The van der Waals surface area contributed by atoms with E-state index in [4.69, 9.17) is 0 Å². The summed E-state index contributed by atoms with van der Waals surface area (Å²) in [6.07, 6.45) is 0. The molecule has 0 spiro atoms. The first-order chi connectivity index (χ1) is 11.7. The summed E-state index contributed by atoms with van der Waals surface area (Å²) in [6, 6.07) is 14.9. The molecule has 2 rings (SSSR count). The SMILES string of the molecule is CC(C)[C@H](C)NC(=O)c1ccccc1N(C)S(=O)(=O)c1ccccc1. The molecule has 0 unspecified atom stereocenters. The number of benzene rings is 2. The molecule has 0 aliphatic carbocycles. The fraction of sp³-hybridized carbons (Fsp3) is 0.316.